The van der Waals surface area contributed by atoms with Crippen molar-refractivity contribution in [1.82, 2.24) is 15.0 Å². The highest BCUT2D eigenvalue weighted by Gasteiger charge is 2.12. The topological polar surface area (TPSA) is 67.8 Å². The van der Waals surface area contributed by atoms with E-state index in [4.69, 9.17) is 11.6 Å². The Morgan fingerprint density at radius 1 is 0.923 bits per heavy atom. The van der Waals surface area contributed by atoms with Gasteiger partial charge in [-0.05, 0) is 23.6 Å². The predicted molar refractivity (Wildman–Crippen MR) is 102 cm³/mol. The third-order valence-corrected chi connectivity index (χ3v) is 4.12. The van der Waals surface area contributed by atoms with E-state index in [0.717, 1.165) is 16.3 Å². The second-order valence-electron chi connectivity index (χ2n) is 5.64. The van der Waals surface area contributed by atoms with Crippen molar-refractivity contribution in [2.75, 3.05) is 5.32 Å². The van der Waals surface area contributed by atoms with E-state index in [-0.39, 0.29) is 5.91 Å². The Bertz CT molecular complexity index is 1090. The normalized spacial score (nSPS) is 10.7. The number of anilines is 1. The average Bonchev–Trinajstić information content (AvgIpc) is 2.68. The van der Waals surface area contributed by atoms with Crippen molar-refractivity contribution >= 4 is 34.0 Å². The van der Waals surface area contributed by atoms with Crippen molar-refractivity contribution in [1.29, 1.82) is 0 Å². The van der Waals surface area contributed by atoms with E-state index in [0.29, 0.717) is 22.2 Å². The number of pyridine rings is 1. The number of hydrogen-bond donors (Lipinski definition) is 1. The highest BCUT2D eigenvalue weighted by Crippen LogP contribution is 2.21. The van der Waals surface area contributed by atoms with Crippen LogP contribution in [0, 0.1) is 0 Å². The predicted octanol–water partition coefficient (Wildman–Crippen LogP) is 4.60. The molecule has 0 aliphatic heterocycles. The Hall–Kier alpha value is -3.31. The van der Waals surface area contributed by atoms with Crippen molar-refractivity contribution in [3.05, 3.63) is 83.9 Å². The van der Waals surface area contributed by atoms with Crippen LogP contribution in [-0.2, 0) is 0 Å². The van der Waals surface area contributed by atoms with Gasteiger partial charge in [0.2, 0.25) is 0 Å². The number of halogens is 1. The molecule has 2 heterocycles. The summed E-state index contributed by atoms with van der Waals surface area (Å²) >= 11 is 5.99. The molecule has 0 bridgehead atoms. The van der Waals surface area contributed by atoms with Gasteiger partial charge >= 0.3 is 0 Å². The zero-order valence-electron chi connectivity index (χ0n) is 13.6. The van der Waals surface area contributed by atoms with E-state index < -0.39 is 0 Å². The molecule has 4 rings (SSSR count). The summed E-state index contributed by atoms with van der Waals surface area (Å²) in [5, 5.41) is 5.16. The van der Waals surface area contributed by atoms with Gasteiger partial charge in [-0.15, -0.1) is 0 Å². The highest BCUT2D eigenvalue weighted by molar-refractivity contribution is 6.30. The largest absolute Gasteiger partial charge is 0.318 e. The van der Waals surface area contributed by atoms with Crippen LogP contribution < -0.4 is 5.32 Å². The maximum Gasteiger partial charge on any atom is 0.274 e. The third kappa shape index (κ3) is 3.25. The van der Waals surface area contributed by atoms with Crippen LogP contribution >= 0.6 is 11.6 Å². The van der Waals surface area contributed by atoms with Crippen molar-refractivity contribution < 1.29 is 4.79 Å². The molecule has 0 radical (unpaired) electrons. The van der Waals surface area contributed by atoms with Gasteiger partial charge in [0.15, 0.2) is 5.82 Å². The summed E-state index contributed by atoms with van der Waals surface area (Å²) < 4.78 is 0. The highest BCUT2D eigenvalue weighted by atomic mass is 35.5. The molecule has 5 nitrogen and oxygen atoms in total. The molecule has 4 aromatic rings. The lowest BCUT2D eigenvalue weighted by molar-refractivity contribution is 0.102. The number of rotatable bonds is 3. The van der Waals surface area contributed by atoms with Gasteiger partial charge in [0.1, 0.15) is 5.69 Å². The molecule has 0 saturated carbocycles. The number of nitrogens with zero attached hydrogens (tertiary/aromatic N) is 3. The number of fused-ring (bicyclic) bond motifs is 1. The fraction of sp³-hybridized carbons (Fsp3) is 0. The Kier molecular flexibility index (Phi) is 4.29. The second kappa shape index (κ2) is 6.90. The van der Waals surface area contributed by atoms with Gasteiger partial charge in [0.05, 0.1) is 18.1 Å². The Labute approximate surface area is 154 Å². The number of hydrogen-bond acceptors (Lipinski definition) is 4. The molecule has 0 atom stereocenters. The molecule has 2 aromatic heterocycles. The SMILES string of the molecule is O=C(Nc1cnc(-c2cccc(Cl)c2)nc1)c1nccc2ccccc12. The van der Waals surface area contributed by atoms with Crippen molar-refractivity contribution in [3.63, 3.8) is 0 Å². The van der Waals surface area contributed by atoms with Crippen LogP contribution in [0.4, 0.5) is 5.69 Å². The number of aromatic nitrogens is 3. The minimum atomic E-state index is -0.305. The van der Waals surface area contributed by atoms with E-state index in [9.17, 15) is 4.79 Å². The van der Waals surface area contributed by atoms with Gasteiger partial charge in [-0.3, -0.25) is 9.78 Å². The van der Waals surface area contributed by atoms with Gasteiger partial charge in [-0.25, -0.2) is 9.97 Å². The summed E-state index contributed by atoms with van der Waals surface area (Å²) in [4.78, 5) is 25.4. The van der Waals surface area contributed by atoms with Gasteiger partial charge in [0.25, 0.3) is 5.91 Å². The zero-order valence-corrected chi connectivity index (χ0v) is 14.3. The van der Waals surface area contributed by atoms with Crippen molar-refractivity contribution in [2.45, 2.75) is 0 Å². The lowest BCUT2D eigenvalue weighted by Gasteiger charge is -2.07. The molecule has 0 fully saturated rings. The Morgan fingerprint density at radius 3 is 2.54 bits per heavy atom. The van der Waals surface area contributed by atoms with E-state index in [1.54, 1.807) is 30.7 Å². The first kappa shape index (κ1) is 16.2. The van der Waals surface area contributed by atoms with E-state index >= 15 is 0 Å². The van der Waals surface area contributed by atoms with E-state index in [1.165, 1.54) is 0 Å². The van der Waals surface area contributed by atoms with Crippen molar-refractivity contribution in [3.8, 4) is 11.4 Å². The maximum absolute atomic E-state index is 12.6. The first-order chi connectivity index (χ1) is 12.7. The molecule has 0 saturated heterocycles. The van der Waals surface area contributed by atoms with Crippen LogP contribution in [0.2, 0.25) is 5.02 Å². The zero-order chi connectivity index (χ0) is 17.9. The fourth-order valence-corrected chi connectivity index (χ4v) is 2.85. The summed E-state index contributed by atoms with van der Waals surface area (Å²) in [7, 11) is 0. The summed E-state index contributed by atoms with van der Waals surface area (Å²) in [6, 6.07) is 16.8. The number of carbonyl (C=O) groups excluding carboxylic acids is 1. The molecular formula is C20H13ClN4O. The van der Waals surface area contributed by atoms with E-state index in [2.05, 4.69) is 20.3 Å². The monoisotopic (exact) mass is 360 g/mol. The number of amides is 1. The van der Waals surface area contributed by atoms with Gasteiger partial charge in [0, 0.05) is 22.2 Å². The van der Waals surface area contributed by atoms with Crippen molar-refractivity contribution in [2.24, 2.45) is 0 Å². The van der Waals surface area contributed by atoms with Gasteiger partial charge in [-0.1, -0.05) is 48.0 Å². The minimum Gasteiger partial charge on any atom is -0.318 e. The molecule has 6 heteroatoms. The maximum atomic E-state index is 12.6. The summed E-state index contributed by atoms with van der Waals surface area (Å²) in [6.45, 7) is 0. The summed E-state index contributed by atoms with van der Waals surface area (Å²) in [5.41, 5.74) is 1.67. The smallest absolute Gasteiger partial charge is 0.274 e. The van der Waals surface area contributed by atoms with Crippen LogP contribution in [0.1, 0.15) is 10.5 Å². The summed E-state index contributed by atoms with van der Waals surface area (Å²) in [6.07, 6.45) is 4.74. The average molecular weight is 361 g/mol. The Morgan fingerprint density at radius 2 is 1.73 bits per heavy atom. The molecular weight excluding hydrogens is 348 g/mol. The first-order valence-electron chi connectivity index (χ1n) is 7.94. The quantitative estimate of drug-likeness (QED) is 0.580. The molecule has 1 N–H and O–H groups in total. The molecule has 26 heavy (non-hydrogen) atoms. The summed E-state index contributed by atoms with van der Waals surface area (Å²) in [5.74, 6) is 0.231. The molecule has 0 aliphatic carbocycles. The standard InChI is InChI=1S/C20H13ClN4O/c21-15-6-3-5-14(10-15)19-23-11-16(12-24-19)25-20(26)18-17-7-2-1-4-13(17)8-9-22-18/h1-12H,(H,25,26). The number of carbonyl (C=O) groups is 1. The van der Waals surface area contributed by atoms with E-state index in [1.807, 2.05) is 42.5 Å². The van der Waals surface area contributed by atoms with Gasteiger partial charge < -0.3 is 5.32 Å². The molecule has 0 spiro atoms. The van der Waals surface area contributed by atoms with Crippen LogP contribution in [0.25, 0.3) is 22.2 Å². The first-order valence-corrected chi connectivity index (χ1v) is 8.31. The molecule has 0 unspecified atom stereocenters. The van der Waals surface area contributed by atoms with Gasteiger partial charge in [-0.2, -0.15) is 0 Å². The van der Waals surface area contributed by atoms with Crippen LogP contribution in [0.5, 0.6) is 0 Å². The molecule has 1 amide bonds. The van der Waals surface area contributed by atoms with Crippen LogP contribution in [0.3, 0.4) is 0 Å². The lowest BCUT2D eigenvalue weighted by Crippen LogP contribution is -2.14. The number of benzene rings is 2. The van der Waals surface area contributed by atoms with Crippen LogP contribution in [-0.4, -0.2) is 20.9 Å². The molecule has 2 aromatic carbocycles. The van der Waals surface area contributed by atoms with Crippen LogP contribution in [0.15, 0.2) is 73.2 Å². The molecule has 126 valence electrons. The minimum absolute atomic E-state index is 0.305. The fourth-order valence-electron chi connectivity index (χ4n) is 2.66. The lowest BCUT2D eigenvalue weighted by atomic mass is 10.1. The Balaban J connectivity index is 1.58. The third-order valence-electron chi connectivity index (χ3n) is 3.88. The number of nitrogens with one attached hydrogen (secondary N) is 1. The second-order valence-corrected chi connectivity index (χ2v) is 6.08. The molecule has 0 aliphatic rings.